The van der Waals surface area contributed by atoms with E-state index in [1.54, 1.807) is 0 Å². The van der Waals surface area contributed by atoms with E-state index >= 15 is 0 Å². The van der Waals surface area contributed by atoms with E-state index in [-0.39, 0.29) is 5.56 Å². The Morgan fingerprint density at radius 2 is 2.14 bits per heavy atom. The van der Waals surface area contributed by atoms with Crippen molar-refractivity contribution in [2.24, 2.45) is 0 Å². The zero-order valence-electron chi connectivity index (χ0n) is 10.1. The number of hydrogen-bond donors (Lipinski definition) is 1. The molecule has 0 saturated carbocycles. The Morgan fingerprint density at radius 3 is 2.71 bits per heavy atom. The normalized spacial score (nSPS) is 10.2. The first-order valence-electron chi connectivity index (χ1n) is 5.39. The third-order valence-corrected chi connectivity index (χ3v) is 2.82. The molecule has 0 aliphatic carbocycles. The Hall–Kier alpha value is -2.55. The van der Waals surface area contributed by atoms with Gasteiger partial charge < -0.3 is 9.84 Å². The van der Waals surface area contributed by atoms with Crippen LogP contribution in [0, 0.1) is 15.9 Å². The predicted octanol–water partition coefficient (Wildman–Crippen LogP) is 3.38. The lowest BCUT2D eigenvalue weighted by Crippen LogP contribution is -2.01. The molecule has 2 rings (SSSR count). The second-order valence-corrected chi connectivity index (χ2v) is 4.70. The van der Waals surface area contributed by atoms with Crippen molar-refractivity contribution >= 4 is 27.6 Å². The van der Waals surface area contributed by atoms with E-state index in [1.807, 2.05) is 0 Å². The molecule has 0 aliphatic rings. The molecular formula is C12H6BrFN2O5. The van der Waals surface area contributed by atoms with E-state index in [1.165, 1.54) is 6.20 Å². The van der Waals surface area contributed by atoms with Crippen LogP contribution in [0.2, 0.25) is 0 Å². The van der Waals surface area contributed by atoms with Crippen molar-refractivity contribution in [1.82, 2.24) is 4.98 Å². The van der Waals surface area contributed by atoms with Crippen LogP contribution in [0.1, 0.15) is 10.4 Å². The van der Waals surface area contributed by atoms with E-state index in [9.17, 15) is 19.3 Å². The van der Waals surface area contributed by atoms with Crippen molar-refractivity contribution in [3.05, 3.63) is 56.4 Å². The number of carboxylic acids is 1. The average molecular weight is 357 g/mol. The number of nitro benzene ring substituents is 1. The molecule has 0 atom stereocenters. The lowest BCUT2D eigenvalue weighted by Gasteiger charge is -2.07. The highest BCUT2D eigenvalue weighted by atomic mass is 79.9. The lowest BCUT2D eigenvalue weighted by atomic mass is 10.2. The van der Waals surface area contributed by atoms with Crippen molar-refractivity contribution in [3.8, 4) is 11.6 Å². The highest BCUT2D eigenvalue weighted by Gasteiger charge is 2.20. The Labute approximate surface area is 125 Å². The van der Waals surface area contributed by atoms with Gasteiger partial charge in [-0.3, -0.25) is 10.1 Å². The maximum atomic E-state index is 13.6. The van der Waals surface area contributed by atoms with Gasteiger partial charge in [-0.1, -0.05) is 0 Å². The third-order valence-electron chi connectivity index (χ3n) is 2.38. The van der Waals surface area contributed by atoms with Crippen molar-refractivity contribution in [2.45, 2.75) is 0 Å². The molecule has 7 nitrogen and oxygen atoms in total. The summed E-state index contributed by atoms with van der Waals surface area (Å²) >= 11 is 3.01. The van der Waals surface area contributed by atoms with Gasteiger partial charge in [-0.2, -0.15) is 0 Å². The fourth-order valence-corrected chi connectivity index (χ4v) is 1.76. The standard InChI is InChI=1S/C12H6BrFN2O5/c13-7-4-8(14)11(15-5-7)21-10-3-6(12(17)18)1-2-9(10)16(19)20/h1-5H,(H,17,18). The van der Waals surface area contributed by atoms with Crippen molar-refractivity contribution in [3.63, 3.8) is 0 Å². The molecule has 0 radical (unpaired) electrons. The summed E-state index contributed by atoms with van der Waals surface area (Å²) in [4.78, 5) is 24.6. The first-order valence-corrected chi connectivity index (χ1v) is 6.18. The van der Waals surface area contributed by atoms with Gasteiger partial charge in [-0.05, 0) is 28.1 Å². The van der Waals surface area contributed by atoms with Gasteiger partial charge in [0, 0.05) is 22.8 Å². The van der Waals surface area contributed by atoms with Gasteiger partial charge >= 0.3 is 11.7 Å². The van der Waals surface area contributed by atoms with Crippen LogP contribution < -0.4 is 4.74 Å². The lowest BCUT2D eigenvalue weighted by molar-refractivity contribution is -0.385. The molecule has 0 bridgehead atoms. The molecule has 21 heavy (non-hydrogen) atoms. The Morgan fingerprint density at radius 1 is 1.43 bits per heavy atom. The minimum Gasteiger partial charge on any atom is -0.478 e. The Kier molecular flexibility index (Phi) is 4.13. The highest BCUT2D eigenvalue weighted by Crippen LogP contribution is 2.33. The summed E-state index contributed by atoms with van der Waals surface area (Å²) < 4.78 is 19.0. The van der Waals surface area contributed by atoms with Gasteiger partial charge in [0.2, 0.25) is 5.75 Å². The number of halogens is 2. The maximum absolute atomic E-state index is 13.6. The molecule has 0 spiro atoms. The molecular weight excluding hydrogens is 351 g/mol. The van der Waals surface area contributed by atoms with Crippen molar-refractivity contribution in [1.29, 1.82) is 0 Å². The molecule has 0 amide bonds. The molecule has 0 unspecified atom stereocenters. The highest BCUT2D eigenvalue weighted by molar-refractivity contribution is 9.10. The fraction of sp³-hybridized carbons (Fsp3) is 0. The van der Waals surface area contributed by atoms with Crippen LogP contribution in [0.3, 0.4) is 0 Å². The average Bonchev–Trinajstić information content (AvgIpc) is 2.41. The van der Waals surface area contributed by atoms with Crippen LogP contribution in [0.4, 0.5) is 10.1 Å². The molecule has 1 heterocycles. The molecule has 108 valence electrons. The van der Waals surface area contributed by atoms with Gasteiger partial charge in [-0.25, -0.2) is 14.2 Å². The number of nitrogens with zero attached hydrogens (tertiary/aromatic N) is 2. The van der Waals surface area contributed by atoms with E-state index in [2.05, 4.69) is 20.9 Å². The van der Waals surface area contributed by atoms with Crippen LogP contribution in [-0.4, -0.2) is 21.0 Å². The van der Waals surface area contributed by atoms with Crippen LogP contribution in [0.5, 0.6) is 11.6 Å². The fourth-order valence-electron chi connectivity index (χ4n) is 1.46. The summed E-state index contributed by atoms with van der Waals surface area (Å²) in [7, 11) is 0. The monoisotopic (exact) mass is 356 g/mol. The van der Waals surface area contributed by atoms with Crippen LogP contribution in [0.15, 0.2) is 34.9 Å². The van der Waals surface area contributed by atoms with Crippen LogP contribution >= 0.6 is 15.9 Å². The molecule has 0 aliphatic heterocycles. The molecule has 0 saturated heterocycles. The van der Waals surface area contributed by atoms with E-state index in [4.69, 9.17) is 9.84 Å². The molecule has 2 aromatic rings. The quantitative estimate of drug-likeness (QED) is 0.665. The number of pyridine rings is 1. The summed E-state index contributed by atoms with van der Waals surface area (Å²) in [6, 6.07) is 4.02. The Balaban J connectivity index is 2.48. The number of ether oxygens (including phenoxy) is 1. The van der Waals surface area contributed by atoms with E-state index < -0.39 is 34.0 Å². The van der Waals surface area contributed by atoms with E-state index in [0.29, 0.717) is 4.47 Å². The smallest absolute Gasteiger partial charge is 0.335 e. The van der Waals surface area contributed by atoms with Gasteiger partial charge in [0.05, 0.1) is 10.5 Å². The number of aromatic carboxylic acids is 1. The summed E-state index contributed by atoms with van der Waals surface area (Å²) in [6.45, 7) is 0. The minimum absolute atomic E-state index is 0.229. The summed E-state index contributed by atoms with van der Waals surface area (Å²) in [5.41, 5.74) is -0.725. The first-order chi connectivity index (χ1) is 9.88. The van der Waals surface area contributed by atoms with Crippen molar-refractivity contribution in [2.75, 3.05) is 0 Å². The number of hydrogen-bond acceptors (Lipinski definition) is 5. The predicted molar refractivity (Wildman–Crippen MR) is 72.0 cm³/mol. The topological polar surface area (TPSA) is 103 Å². The SMILES string of the molecule is O=C(O)c1ccc([N+](=O)[O-])c(Oc2ncc(Br)cc2F)c1. The molecule has 1 aromatic heterocycles. The molecule has 1 aromatic carbocycles. The van der Waals surface area contributed by atoms with E-state index in [0.717, 1.165) is 24.3 Å². The largest absolute Gasteiger partial charge is 0.478 e. The van der Waals surface area contributed by atoms with Gasteiger partial charge in [0.25, 0.3) is 5.88 Å². The number of carbonyl (C=O) groups is 1. The number of nitro groups is 1. The second kappa shape index (κ2) is 5.83. The van der Waals surface area contributed by atoms with Gasteiger partial charge in [-0.15, -0.1) is 0 Å². The zero-order valence-corrected chi connectivity index (χ0v) is 11.7. The molecule has 0 fully saturated rings. The van der Waals surface area contributed by atoms with Crippen LogP contribution in [0.25, 0.3) is 0 Å². The molecule has 9 heteroatoms. The van der Waals surface area contributed by atoms with Gasteiger partial charge in [0.1, 0.15) is 0 Å². The maximum Gasteiger partial charge on any atom is 0.335 e. The second-order valence-electron chi connectivity index (χ2n) is 3.79. The zero-order chi connectivity index (χ0) is 15.6. The van der Waals surface area contributed by atoms with Crippen LogP contribution in [-0.2, 0) is 0 Å². The number of carboxylic acid groups (broad SMARTS) is 1. The third kappa shape index (κ3) is 3.31. The number of aromatic nitrogens is 1. The number of benzene rings is 1. The summed E-state index contributed by atoms with van der Waals surface area (Å²) in [5.74, 6) is -3.05. The minimum atomic E-state index is -1.29. The summed E-state index contributed by atoms with van der Waals surface area (Å²) in [6.07, 6.45) is 1.24. The summed E-state index contributed by atoms with van der Waals surface area (Å²) in [5, 5.41) is 19.8. The molecule has 1 N–H and O–H groups in total. The first kappa shape index (κ1) is 14.9. The number of rotatable bonds is 4. The van der Waals surface area contributed by atoms with Crippen molar-refractivity contribution < 1.29 is 24.0 Å². The van der Waals surface area contributed by atoms with Gasteiger partial charge in [0.15, 0.2) is 5.82 Å². The Bertz CT molecular complexity index is 738.